The third kappa shape index (κ3) is 3.24. The van der Waals surface area contributed by atoms with E-state index in [2.05, 4.69) is 11.4 Å². The Morgan fingerprint density at radius 2 is 1.84 bits per heavy atom. The van der Waals surface area contributed by atoms with Crippen LogP contribution in [0.5, 0.6) is 0 Å². The number of hydrogen-bond acceptors (Lipinski definition) is 3. The lowest BCUT2D eigenvalue weighted by atomic mass is 9.85. The predicted octanol–water partition coefficient (Wildman–Crippen LogP) is 3.21. The minimum Gasteiger partial charge on any atom is -0.328 e. The predicted molar refractivity (Wildman–Crippen MR) is 94.5 cm³/mol. The van der Waals surface area contributed by atoms with Crippen LogP contribution in [0.25, 0.3) is 11.1 Å². The molecule has 5 heteroatoms. The highest BCUT2D eigenvalue weighted by molar-refractivity contribution is 5.97. The molecule has 0 unspecified atom stereocenters. The highest BCUT2D eigenvalue weighted by atomic mass is 16.2. The van der Waals surface area contributed by atoms with Gasteiger partial charge in [-0.15, -0.1) is 0 Å². The first kappa shape index (κ1) is 16.7. The van der Waals surface area contributed by atoms with Crippen molar-refractivity contribution in [3.8, 4) is 17.2 Å². The molecule has 2 aromatic rings. The van der Waals surface area contributed by atoms with Crippen molar-refractivity contribution in [1.29, 1.82) is 5.26 Å². The van der Waals surface area contributed by atoms with E-state index in [0.717, 1.165) is 27.2 Å². The van der Waals surface area contributed by atoms with Crippen molar-refractivity contribution in [3.63, 3.8) is 0 Å². The van der Waals surface area contributed by atoms with Crippen LogP contribution in [0.1, 0.15) is 24.5 Å². The highest BCUT2D eigenvalue weighted by Gasteiger charge is 2.39. The molecule has 1 heterocycles. The molecule has 1 fully saturated rings. The van der Waals surface area contributed by atoms with Gasteiger partial charge in [-0.2, -0.15) is 5.26 Å². The smallest absolute Gasteiger partial charge is 0.324 e. The largest absolute Gasteiger partial charge is 0.328 e. The Bertz CT molecular complexity index is 865. The second kappa shape index (κ2) is 6.40. The maximum Gasteiger partial charge on any atom is 0.324 e. The molecule has 0 aliphatic carbocycles. The second-order valence-corrected chi connectivity index (χ2v) is 6.51. The summed E-state index contributed by atoms with van der Waals surface area (Å²) in [5, 5.41) is 11.8. The Hall–Kier alpha value is -3.13. The molecule has 1 saturated heterocycles. The van der Waals surface area contributed by atoms with Gasteiger partial charge in [-0.05, 0) is 35.2 Å². The highest BCUT2D eigenvalue weighted by Crippen LogP contribution is 2.32. The van der Waals surface area contributed by atoms with Gasteiger partial charge in [0.1, 0.15) is 0 Å². The molecule has 1 aliphatic heterocycles. The Morgan fingerprint density at radius 1 is 1.16 bits per heavy atom. The lowest BCUT2D eigenvalue weighted by Gasteiger charge is -2.38. The molecule has 0 aromatic heterocycles. The molecule has 126 valence electrons. The summed E-state index contributed by atoms with van der Waals surface area (Å²) < 4.78 is 0. The molecule has 0 saturated carbocycles. The number of nitriles is 1. The summed E-state index contributed by atoms with van der Waals surface area (Å²) in [6.45, 7) is 1.86. The Morgan fingerprint density at radius 3 is 2.52 bits per heavy atom. The number of nitrogens with zero attached hydrogens (tertiary/aromatic N) is 2. The molecular formula is C20H19N3O2. The molecule has 0 spiro atoms. The number of rotatable bonds is 3. The standard InChI is InChI=1S/C20H19N3O2/c1-20(13-18(24)23(2)19(25)22-20)17-8-4-7-16(12-17)15-6-3-5-14(11-15)9-10-21/h3-8,11-12H,9,13H2,1-2H3,(H,22,25)/t20-/m0/s1. The maximum absolute atomic E-state index is 12.1. The van der Waals surface area contributed by atoms with Crippen LogP contribution >= 0.6 is 0 Å². The fourth-order valence-corrected chi connectivity index (χ4v) is 3.07. The Labute approximate surface area is 146 Å². The molecule has 5 nitrogen and oxygen atoms in total. The Kier molecular flexibility index (Phi) is 4.28. The van der Waals surface area contributed by atoms with Gasteiger partial charge >= 0.3 is 6.03 Å². The third-order valence-corrected chi connectivity index (χ3v) is 4.61. The van der Waals surface area contributed by atoms with E-state index in [4.69, 9.17) is 5.26 Å². The van der Waals surface area contributed by atoms with E-state index in [0.29, 0.717) is 6.42 Å². The van der Waals surface area contributed by atoms with Gasteiger partial charge in [0.15, 0.2) is 0 Å². The minimum atomic E-state index is -0.735. The summed E-state index contributed by atoms with van der Waals surface area (Å²) in [6.07, 6.45) is 0.579. The molecule has 3 rings (SSSR count). The summed E-state index contributed by atoms with van der Waals surface area (Å²) in [6, 6.07) is 17.4. The van der Waals surface area contributed by atoms with Crippen molar-refractivity contribution in [3.05, 3.63) is 59.7 Å². The first-order valence-electron chi connectivity index (χ1n) is 8.08. The van der Waals surface area contributed by atoms with Crippen LogP contribution in [0.2, 0.25) is 0 Å². The quantitative estimate of drug-likeness (QED) is 0.937. The van der Waals surface area contributed by atoms with Crippen LogP contribution in [0.3, 0.4) is 0 Å². The van der Waals surface area contributed by atoms with E-state index >= 15 is 0 Å². The molecule has 2 aromatic carbocycles. The van der Waals surface area contributed by atoms with Gasteiger partial charge in [-0.3, -0.25) is 9.69 Å². The van der Waals surface area contributed by atoms with Crippen LogP contribution in [-0.2, 0) is 16.8 Å². The molecule has 1 atom stereocenters. The summed E-state index contributed by atoms with van der Waals surface area (Å²) in [5.74, 6) is -0.201. The van der Waals surface area contributed by atoms with Crippen LogP contribution in [-0.4, -0.2) is 23.9 Å². The number of hydrogen-bond donors (Lipinski definition) is 1. The maximum atomic E-state index is 12.1. The normalized spacial score (nSPS) is 20.1. The monoisotopic (exact) mass is 333 g/mol. The second-order valence-electron chi connectivity index (χ2n) is 6.51. The van der Waals surface area contributed by atoms with Crippen LogP contribution in [0.4, 0.5) is 4.79 Å². The van der Waals surface area contributed by atoms with Gasteiger partial charge in [0.05, 0.1) is 24.4 Å². The van der Waals surface area contributed by atoms with Crippen molar-refractivity contribution in [1.82, 2.24) is 10.2 Å². The zero-order chi connectivity index (χ0) is 18.0. The molecule has 0 bridgehead atoms. The molecule has 1 N–H and O–H groups in total. The average Bonchev–Trinajstić information content (AvgIpc) is 2.60. The number of nitrogens with one attached hydrogen (secondary N) is 1. The molecular weight excluding hydrogens is 314 g/mol. The average molecular weight is 333 g/mol. The van der Waals surface area contributed by atoms with Crippen LogP contribution in [0.15, 0.2) is 48.5 Å². The van der Waals surface area contributed by atoms with Crippen LogP contribution < -0.4 is 5.32 Å². The molecule has 3 amide bonds. The fourth-order valence-electron chi connectivity index (χ4n) is 3.07. The van der Waals surface area contributed by atoms with Crippen molar-refractivity contribution in [2.75, 3.05) is 7.05 Å². The third-order valence-electron chi connectivity index (χ3n) is 4.61. The van der Waals surface area contributed by atoms with E-state index in [1.165, 1.54) is 7.05 Å². The number of imide groups is 1. The van der Waals surface area contributed by atoms with E-state index in [1.807, 2.05) is 55.5 Å². The fraction of sp³-hybridized carbons (Fsp3) is 0.250. The van der Waals surface area contributed by atoms with Crippen molar-refractivity contribution in [2.45, 2.75) is 25.3 Å². The van der Waals surface area contributed by atoms with E-state index in [-0.39, 0.29) is 18.4 Å². The summed E-state index contributed by atoms with van der Waals surface area (Å²) in [4.78, 5) is 25.2. The Balaban J connectivity index is 1.97. The van der Waals surface area contributed by atoms with Gasteiger partial charge in [0.2, 0.25) is 5.91 Å². The van der Waals surface area contributed by atoms with E-state index in [1.54, 1.807) is 0 Å². The SMILES string of the molecule is CN1C(=O)C[C@@](C)(c2cccc(-c3cccc(CC#N)c3)c2)NC1=O. The number of carbonyl (C=O) groups is 2. The summed E-state index contributed by atoms with van der Waals surface area (Å²) >= 11 is 0. The summed E-state index contributed by atoms with van der Waals surface area (Å²) in [7, 11) is 1.48. The molecule has 1 aliphatic rings. The van der Waals surface area contributed by atoms with Gasteiger partial charge in [0, 0.05) is 7.05 Å². The van der Waals surface area contributed by atoms with Gasteiger partial charge in [-0.25, -0.2) is 4.79 Å². The van der Waals surface area contributed by atoms with Crippen molar-refractivity contribution >= 4 is 11.9 Å². The first-order valence-corrected chi connectivity index (χ1v) is 8.08. The van der Waals surface area contributed by atoms with E-state index in [9.17, 15) is 9.59 Å². The topological polar surface area (TPSA) is 73.2 Å². The molecule has 25 heavy (non-hydrogen) atoms. The van der Waals surface area contributed by atoms with Gasteiger partial charge < -0.3 is 5.32 Å². The zero-order valence-electron chi connectivity index (χ0n) is 14.2. The lowest BCUT2D eigenvalue weighted by Crippen LogP contribution is -2.57. The lowest BCUT2D eigenvalue weighted by molar-refractivity contribution is -0.130. The van der Waals surface area contributed by atoms with Crippen molar-refractivity contribution in [2.24, 2.45) is 0 Å². The first-order chi connectivity index (χ1) is 11.9. The van der Waals surface area contributed by atoms with Gasteiger partial charge in [-0.1, -0.05) is 42.5 Å². The van der Waals surface area contributed by atoms with Crippen molar-refractivity contribution < 1.29 is 9.59 Å². The number of carbonyl (C=O) groups excluding carboxylic acids is 2. The van der Waals surface area contributed by atoms with E-state index < -0.39 is 5.54 Å². The summed E-state index contributed by atoms with van der Waals surface area (Å²) in [5.41, 5.74) is 3.09. The molecule has 0 radical (unpaired) electrons. The number of amides is 3. The van der Waals surface area contributed by atoms with Crippen LogP contribution in [0, 0.1) is 11.3 Å². The number of benzene rings is 2. The van der Waals surface area contributed by atoms with Gasteiger partial charge in [0.25, 0.3) is 0 Å². The minimum absolute atomic E-state index is 0.201. The zero-order valence-corrected chi connectivity index (χ0v) is 14.2. The number of urea groups is 1.